The van der Waals surface area contributed by atoms with Crippen LogP contribution in [0.3, 0.4) is 0 Å². The van der Waals surface area contributed by atoms with E-state index in [0.717, 1.165) is 5.69 Å². The summed E-state index contributed by atoms with van der Waals surface area (Å²) in [7, 11) is 1.92. The summed E-state index contributed by atoms with van der Waals surface area (Å²) in [5, 5.41) is 3.13. The van der Waals surface area contributed by atoms with Gasteiger partial charge in [0.05, 0.1) is 11.0 Å². The molecule has 0 unspecified atom stereocenters. The van der Waals surface area contributed by atoms with Crippen molar-refractivity contribution in [3.05, 3.63) is 46.7 Å². The number of aryl methyl sites for hydroxylation is 1. The van der Waals surface area contributed by atoms with Gasteiger partial charge in [-0.15, -0.1) is 13.2 Å². The first-order chi connectivity index (χ1) is 9.35. The Bertz CT molecular complexity index is 596. The third kappa shape index (κ3) is 3.93. The molecule has 2 rings (SSSR count). The molecule has 0 saturated carbocycles. The summed E-state index contributed by atoms with van der Waals surface area (Å²) in [6.45, 7) is 0.579. The molecule has 0 spiro atoms. The molecular weight excluding hydrogens is 337 g/mol. The topological polar surface area (TPSA) is 26.2 Å². The van der Waals surface area contributed by atoms with Crippen LogP contribution in [0, 0.1) is 0 Å². The molecule has 2 aromatic rings. The van der Waals surface area contributed by atoms with Gasteiger partial charge in [-0.25, -0.2) is 0 Å². The van der Waals surface area contributed by atoms with Gasteiger partial charge in [-0.1, -0.05) is 0 Å². The molecule has 0 saturated heterocycles. The van der Waals surface area contributed by atoms with Gasteiger partial charge in [-0.2, -0.15) is 0 Å². The van der Waals surface area contributed by atoms with Gasteiger partial charge < -0.3 is 14.6 Å². The van der Waals surface area contributed by atoms with Gasteiger partial charge in [0.1, 0.15) is 5.75 Å². The zero-order valence-corrected chi connectivity index (χ0v) is 12.1. The SMILES string of the molecule is Cn1cccc1CNc1ccc(OC(F)(F)F)c(Br)c1. The summed E-state index contributed by atoms with van der Waals surface area (Å²) in [4.78, 5) is 0. The third-order valence-electron chi connectivity index (χ3n) is 2.68. The van der Waals surface area contributed by atoms with E-state index < -0.39 is 6.36 Å². The quantitative estimate of drug-likeness (QED) is 0.891. The molecule has 0 atom stereocenters. The number of hydrogen-bond acceptors (Lipinski definition) is 2. The van der Waals surface area contributed by atoms with Gasteiger partial charge in [0, 0.05) is 24.6 Å². The molecule has 1 aromatic carbocycles. The van der Waals surface area contributed by atoms with Gasteiger partial charge in [-0.3, -0.25) is 0 Å². The van der Waals surface area contributed by atoms with Gasteiger partial charge in [0.15, 0.2) is 0 Å². The lowest BCUT2D eigenvalue weighted by Crippen LogP contribution is -2.17. The predicted octanol–water partition coefficient (Wildman–Crippen LogP) is 4.30. The first kappa shape index (κ1) is 14.8. The maximum Gasteiger partial charge on any atom is 0.573 e. The maximum atomic E-state index is 12.1. The van der Waals surface area contributed by atoms with E-state index in [1.807, 2.05) is 29.9 Å². The van der Waals surface area contributed by atoms with Crippen molar-refractivity contribution in [1.82, 2.24) is 4.57 Å². The number of anilines is 1. The van der Waals surface area contributed by atoms with Crippen LogP contribution in [0.1, 0.15) is 5.69 Å². The Kier molecular flexibility index (Phi) is 4.27. The molecule has 108 valence electrons. The average Bonchev–Trinajstić information content (AvgIpc) is 2.74. The van der Waals surface area contributed by atoms with Crippen LogP contribution in [-0.4, -0.2) is 10.9 Å². The van der Waals surface area contributed by atoms with Gasteiger partial charge >= 0.3 is 6.36 Å². The minimum Gasteiger partial charge on any atom is -0.405 e. The van der Waals surface area contributed by atoms with Crippen LogP contribution in [0.5, 0.6) is 5.75 Å². The molecule has 1 N–H and O–H groups in total. The van der Waals surface area contributed by atoms with Crippen molar-refractivity contribution in [2.45, 2.75) is 12.9 Å². The summed E-state index contributed by atoms with van der Waals surface area (Å²) in [6, 6.07) is 8.24. The van der Waals surface area contributed by atoms with Crippen LogP contribution in [-0.2, 0) is 13.6 Å². The number of halogens is 4. The van der Waals surface area contributed by atoms with E-state index in [9.17, 15) is 13.2 Å². The summed E-state index contributed by atoms with van der Waals surface area (Å²) in [6.07, 6.45) is -2.77. The Morgan fingerprint density at radius 2 is 2.05 bits per heavy atom. The van der Waals surface area contributed by atoms with E-state index in [-0.39, 0.29) is 10.2 Å². The van der Waals surface area contributed by atoms with Gasteiger partial charge in [0.2, 0.25) is 0 Å². The van der Waals surface area contributed by atoms with E-state index in [2.05, 4.69) is 26.0 Å². The van der Waals surface area contributed by atoms with E-state index in [1.165, 1.54) is 12.1 Å². The van der Waals surface area contributed by atoms with Crippen LogP contribution in [0.4, 0.5) is 18.9 Å². The summed E-state index contributed by atoms with van der Waals surface area (Å²) in [5.74, 6) is -0.262. The molecule has 1 heterocycles. The number of ether oxygens (including phenoxy) is 1. The van der Waals surface area contributed by atoms with Crippen LogP contribution >= 0.6 is 15.9 Å². The molecular formula is C13H12BrF3N2O. The lowest BCUT2D eigenvalue weighted by Gasteiger charge is -2.12. The number of benzene rings is 1. The Morgan fingerprint density at radius 1 is 1.30 bits per heavy atom. The number of aromatic nitrogens is 1. The molecule has 0 aliphatic rings. The Hall–Kier alpha value is -1.63. The van der Waals surface area contributed by atoms with Crippen molar-refractivity contribution in [3.63, 3.8) is 0 Å². The summed E-state index contributed by atoms with van der Waals surface area (Å²) in [5.41, 5.74) is 1.77. The molecule has 0 radical (unpaired) electrons. The minimum atomic E-state index is -4.69. The molecule has 20 heavy (non-hydrogen) atoms. The zero-order chi connectivity index (χ0) is 14.8. The highest BCUT2D eigenvalue weighted by molar-refractivity contribution is 9.10. The molecule has 1 aromatic heterocycles. The lowest BCUT2D eigenvalue weighted by atomic mass is 10.3. The highest BCUT2D eigenvalue weighted by Gasteiger charge is 2.31. The van der Waals surface area contributed by atoms with Crippen LogP contribution in [0.15, 0.2) is 41.0 Å². The predicted molar refractivity (Wildman–Crippen MR) is 73.6 cm³/mol. The van der Waals surface area contributed by atoms with E-state index >= 15 is 0 Å². The largest absolute Gasteiger partial charge is 0.573 e. The first-order valence-corrected chi connectivity index (χ1v) is 6.54. The standard InChI is InChI=1S/C13H12BrF3N2O/c1-19-6-2-3-10(19)8-18-9-4-5-12(11(14)7-9)20-13(15,16)17/h2-7,18H,8H2,1H3. The molecule has 3 nitrogen and oxygen atoms in total. The highest BCUT2D eigenvalue weighted by Crippen LogP contribution is 2.32. The first-order valence-electron chi connectivity index (χ1n) is 5.74. The fourth-order valence-corrected chi connectivity index (χ4v) is 2.15. The number of nitrogens with one attached hydrogen (secondary N) is 1. The Balaban J connectivity index is 2.04. The smallest absolute Gasteiger partial charge is 0.405 e. The van der Waals surface area contributed by atoms with Gasteiger partial charge in [0.25, 0.3) is 0 Å². The second kappa shape index (κ2) is 5.78. The van der Waals surface area contributed by atoms with Crippen LogP contribution in [0.25, 0.3) is 0 Å². The van der Waals surface area contributed by atoms with E-state index in [4.69, 9.17) is 0 Å². The molecule has 0 amide bonds. The maximum absolute atomic E-state index is 12.1. The number of alkyl halides is 3. The fraction of sp³-hybridized carbons (Fsp3) is 0.231. The zero-order valence-electron chi connectivity index (χ0n) is 10.5. The highest BCUT2D eigenvalue weighted by atomic mass is 79.9. The summed E-state index contributed by atoms with van der Waals surface area (Å²) < 4.78 is 42.5. The van der Waals surface area contributed by atoms with Crippen LogP contribution < -0.4 is 10.1 Å². The molecule has 0 bridgehead atoms. The second-order valence-corrected chi connectivity index (χ2v) is 5.01. The summed E-state index contributed by atoms with van der Waals surface area (Å²) >= 11 is 3.06. The third-order valence-corrected chi connectivity index (χ3v) is 3.30. The average molecular weight is 349 g/mol. The molecule has 7 heteroatoms. The van der Waals surface area contributed by atoms with Crippen molar-refractivity contribution < 1.29 is 17.9 Å². The van der Waals surface area contributed by atoms with Crippen molar-refractivity contribution in [2.24, 2.45) is 7.05 Å². The van der Waals surface area contributed by atoms with E-state index in [0.29, 0.717) is 12.2 Å². The minimum absolute atomic E-state index is 0.242. The Morgan fingerprint density at radius 3 is 2.60 bits per heavy atom. The molecule has 0 aliphatic heterocycles. The normalized spacial score (nSPS) is 11.4. The number of hydrogen-bond donors (Lipinski definition) is 1. The number of rotatable bonds is 4. The number of nitrogens with zero attached hydrogens (tertiary/aromatic N) is 1. The molecule has 0 fully saturated rings. The lowest BCUT2D eigenvalue weighted by molar-refractivity contribution is -0.274. The monoisotopic (exact) mass is 348 g/mol. The van der Waals surface area contributed by atoms with Crippen molar-refractivity contribution in [3.8, 4) is 5.75 Å². The molecule has 0 aliphatic carbocycles. The van der Waals surface area contributed by atoms with Crippen molar-refractivity contribution in [1.29, 1.82) is 0 Å². The van der Waals surface area contributed by atoms with Crippen molar-refractivity contribution >= 4 is 21.6 Å². The Labute approximate surface area is 122 Å². The van der Waals surface area contributed by atoms with Crippen molar-refractivity contribution in [2.75, 3.05) is 5.32 Å². The van der Waals surface area contributed by atoms with E-state index in [1.54, 1.807) is 6.07 Å². The van der Waals surface area contributed by atoms with Crippen LogP contribution in [0.2, 0.25) is 0 Å². The van der Waals surface area contributed by atoms with Gasteiger partial charge in [-0.05, 0) is 46.3 Å². The fourth-order valence-electron chi connectivity index (χ4n) is 1.69. The second-order valence-electron chi connectivity index (χ2n) is 4.16.